The van der Waals surface area contributed by atoms with E-state index in [9.17, 15) is 9.18 Å². The van der Waals surface area contributed by atoms with Crippen molar-refractivity contribution in [2.45, 2.75) is 12.5 Å². The van der Waals surface area contributed by atoms with Crippen molar-refractivity contribution < 1.29 is 13.6 Å². The lowest BCUT2D eigenvalue weighted by Gasteiger charge is -2.32. The maximum atomic E-state index is 13.6. The molecule has 1 aromatic carbocycles. The van der Waals surface area contributed by atoms with Crippen molar-refractivity contribution in [3.05, 3.63) is 58.7 Å². The molecule has 1 N–H and O–H groups in total. The minimum atomic E-state index is -0.687. The van der Waals surface area contributed by atoms with Crippen LogP contribution in [0, 0.1) is 5.82 Å². The van der Waals surface area contributed by atoms with E-state index in [1.54, 1.807) is 18.3 Å². The zero-order chi connectivity index (χ0) is 19.4. The van der Waals surface area contributed by atoms with Gasteiger partial charge < -0.3 is 14.3 Å². The minimum Gasteiger partial charge on any atom is -0.438 e. The maximum absolute atomic E-state index is 13.6. The topological polar surface area (TPSA) is 106 Å². The largest absolute Gasteiger partial charge is 0.438 e. The quantitative estimate of drug-likeness (QED) is 0.552. The summed E-state index contributed by atoms with van der Waals surface area (Å²) in [6, 6.07) is 3.41. The van der Waals surface area contributed by atoms with Gasteiger partial charge in [0.15, 0.2) is 11.6 Å². The third kappa shape index (κ3) is 2.56. The molecule has 11 heteroatoms. The Labute approximate surface area is 162 Å². The van der Waals surface area contributed by atoms with Crippen molar-refractivity contribution in [3.63, 3.8) is 0 Å². The van der Waals surface area contributed by atoms with Crippen molar-refractivity contribution in [1.82, 2.24) is 34.6 Å². The predicted octanol–water partition coefficient (Wildman–Crippen LogP) is 2.26. The van der Waals surface area contributed by atoms with Gasteiger partial charge in [-0.3, -0.25) is 4.79 Å². The molecule has 0 fully saturated rings. The molecule has 4 heterocycles. The van der Waals surface area contributed by atoms with E-state index in [1.807, 2.05) is 0 Å². The molecule has 1 amide bonds. The van der Waals surface area contributed by atoms with Crippen LogP contribution in [0.3, 0.4) is 0 Å². The van der Waals surface area contributed by atoms with Crippen LogP contribution in [0.4, 0.5) is 4.39 Å². The number of rotatable bonds is 2. The average Bonchev–Trinajstić information content (AvgIpc) is 3.37. The van der Waals surface area contributed by atoms with Crippen LogP contribution in [0.2, 0.25) is 5.28 Å². The summed E-state index contributed by atoms with van der Waals surface area (Å²) in [5.74, 6) is -0.471. The molecular weight excluding hydrogens is 389 g/mol. The molecule has 3 aromatic heterocycles. The summed E-state index contributed by atoms with van der Waals surface area (Å²) in [5, 5.41) is 3.91. The second-order valence-electron chi connectivity index (χ2n) is 6.41. The van der Waals surface area contributed by atoms with Crippen LogP contribution in [0.25, 0.3) is 11.1 Å². The van der Waals surface area contributed by atoms with Crippen LogP contribution in [-0.2, 0) is 13.5 Å². The molecule has 0 radical (unpaired) electrons. The molecular formula is C17H13ClFN7O2. The number of aryl methyl sites for hydroxylation is 1. The van der Waals surface area contributed by atoms with Gasteiger partial charge in [0, 0.05) is 31.8 Å². The highest BCUT2D eigenvalue weighted by atomic mass is 35.5. The monoisotopic (exact) mass is 401 g/mol. The standard InChI is InChI=1S/C17H13ClFN7O2/c1-25-14(23-17(18)24-25)16(27)26-5-4-10-12(21-7-20-10)13(26)15-22-9-3-2-8(19)6-11(9)28-15/h2-3,6-7,13H,4-5H2,1H3,(H,20,21)/t13-/m0/s1. The molecule has 1 atom stereocenters. The number of nitrogens with zero attached hydrogens (tertiary/aromatic N) is 6. The Kier molecular flexibility index (Phi) is 3.69. The lowest BCUT2D eigenvalue weighted by molar-refractivity contribution is 0.0650. The Morgan fingerprint density at radius 1 is 1.39 bits per heavy atom. The molecule has 1 aliphatic rings. The summed E-state index contributed by atoms with van der Waals surface area (Å²) in [7, 11) is 1.59. The number of amides is 1. The number of hydrogen-bond acceptors (Lipinski definition) is 6. The molecule has 0 saturated carbocycles. The van der Waals surface area contributed by atoms with Gasteiger partial charge in [0.05, 0.1) is 12.0 Å². The molecule has 5 rings (SSSR count). The number of fused-ring (bicyclic) bond motifs is 2. The zero-order valence-electron chi connectivity index (χ0n) is 14.6. The average molecular weight is 402 g/mol. The second kappa shape index (κ2) is 6.13. The number of hydrogen-bond donors (Lipinski definition) is 1. The Hall–Kier alpha value is -3.27. The van der Waals surface area contributed by atoms with Gasteiger partial charge in [0.25, 0.3) is 5.91 Å². The number of aromatic nitrogens is 6. The number of imidazole rings is 1. The normalized spacial score (nSPS) is 16.5. The van der Waals surface area contributed by atoms with Gasteiger partial charge in [-0.2, -0.15) is 4.98 Å². The van der Waals surface area contributed by atoms with Crippen molar-refractivity contribution in [3.8, 4) is 0 Å². The Bertz CT molecular complexity index is 1210. The van der Waals surface area contributed by atoms with Crippen LogP contribution >= 0.6 is 11.6 Å². The van der Waals surface area contributed by atoms with Crippen LogP contribution < -0.4 is 0 Å². The van der Waals surface area contributed by atoms with Gasteiger partial charge in [-0.1, -0.05) is 0 Å². The summed E-state index contributed by atoms with van der Waals surface area (Å²) < 4.78 is 20.7. The SMILES string of the molecule is Cn1nc(Cl)nc1C(=O)N1CCc2[nH]cnc2[C@H]1c1nc2ccc(F)cc2o1. The van der Waals surface area contributed by atoms with Gasteiger partial charge in [-0.05, 0) is 23.7 Å². The maximum Gasteiger partial charge on any atom is 0.292 e. The van der Waals surface area contributed by atoms with Gasteiger partial charge >= 0.3 is 0 Å². The number of carbonyl (C=O) groups is 1. The first-order chi connectivity index (χ1) is 13.5. The van der Waals surface area contributed by atoms with E-state index in [0.29, 0.717) is 29.8 Å². The van der Waals surface area contributed by atoms with E-state index in [-0.39, 0.29) is 22.9 Å². The fourth-order valence-corrected chi connectivity index (χ4v) is 3.64. The molecule has 1 aliphatic heterocycles. The molecule has 9 nitrogen and oxygen atoms in total. The van der Waals surface area contributed by atoms with E-state index in [1.165, 1.54) is 22.9 Å². The van der Waals surface area contributed by atoms with Crippen LogP contribution in [0.1, 0.15) is 33.9 Å². The summed E-state index contributed by atoms with van der Waals surface area (Å²) in [6.45, 7) is 0.385. The number of H-pyrrole nitrogens is 1. The fourth-order valence-electron chi connectivity index (χ4n) is 3.45. The Balaban J connectivity index is 1.64. The van der Waals surface area contributed by atoms with Gasteiger partial charge in [-0.15, -0.1) is 5.10 Å². The first-order valence-corrected chi connectivity index (χ1v) is 8.84. The van der Waals surface area contributed by atoms with E-state index < -0.39 is 11.9 Å². The van der Waals surface area contributed by atoms with Crippen LogP contribution in [-0.4, -0.2) is 47.1 Å². The summed E-state index contributed by atoms with van der Waals surface area (Å²) in [6.07, 6.45) is 2.14. The minimum absolute atomic E-state index is 0.0165. The molecule has 142 valence electrons. The molecule has 0 saturated heterocycles. The Morgan fingerprint density at radius 3 is 3.04 bits per heavy atom. The highest BCUT2D eigenvalue weighted by Gasteiger charge is 2.39. The van der Waals surface area contributed by atoms with E-state index in [4.69, 9.17) is 16.0 Å². The first-order valence-electron chi connectivity index (χ1n) is 8.47. The molecule has 28 heavy (non-hydrogen) atoms. The van der Waals surface area contributed by atoms with Crippen LogP contribution in [0.5, 0.6) is 0 Å². The number of oxazole rings is 1. The fraction of sp³-hybridized carbons (Fsp3) is 0.235. The third-order valence-corrected chi connectivity index (χ3v) is 4.88. The number of nitrogens with one attached hydrogen (secondary N) is 1. The zero-order valence-corrected chi connectivity index (χ0v) is 15.3. The van der Waals surface area contributed by atoms with Crippen molar-refractivity contribution in [2.24, 2.45) is 7.05 Å². The summed E-state index contributed by atoms with van der Waals surface area (Å²) in [5.41, 5.74) is 2.30. The molecule has 0 aliphatic carbocycles. The molecule has 0 bridgehead atoms. The smallest absolute Gasteiger partial charge is 0.292 e. The highest BCUT2D eigenvalue weighted by Crippen LogP contribution is 2.35. The number of halogens is 2. The lowest BCUT2D eigenvalue weighted by atomic mass is 10.0. The number of benzene rings is 1. The van der Waals surface area contributed by atoms with Crippen molar-refractivity contribution >= 4 is 28.6 Å². The molecule has 0 unspecified atom stereocenters. The van der Waals surface area contributed by atoms with Gasteiger partial charge in [0.2, 0.25) is 17.0 Å². The number of aromatic amines is 1. The predicted molar refractivity (Wildman–Crippen MR) is 95.2 cm³/mol. The molecule has 4 aromatic rings. The van der Waals surface area contributed by atoms with E-state index in [2.05, 4.69) is 25.0 Å². The third-order valence-electron chi connectivity index (χ3n) is 4.72. The summed E-state index contributed by atoms with van der Waals surface area (Å²) in [4.78, 5) is 30.7. The lowest BCUT2D eigenvalue weighted by Crippen LogP contribution is -2.42. The molecule has 0 spiro atoms. The van der Waals surface area contributed by atoms with Crippen LogP contribution in [0.15, 0.2) is 28.9 Å². The van der Waals surface area contributed by atoms with Crippen molar-refractivity contribution in [2.75, 3.05) is 6.54 Å². The Morgan fingerprint density at radius 2 is 2.25 bits per heavy atom. The second-order valence-corrected chi connectivity index (χ2v) is 6.75. The van der Waals surface area contributed by atoms with E-state index >= 15 is 0 Å². The highest BCUT2D eigenvalue weighted by molar-refractivity contribution is 6.28. The van der Waals surface area contributed by atoms with Gasteiger partial charge in [0.1, 0.15) is 11.3 Å². The summed E-state index contributed by atoms with van der Waals surface area (Å²) >= 11 is 5.84. The first kappa shape index (κ1) is 16.9. The van der Waals surface area contributed by atoms with Crippen molar-refractivity contribution in [1.29, 1.82) is 0 Å². The van der Waals surface area contributed by atoms with Gasteiger partial charge in [-0.25, -0.2) is 19.0 Å². The van der Waals surface area contributed by atoms with E-state index in [0.717, 1.165) is 5.69 Å². The number of carbonyl (C=O) groups excluding carboxylic acids is 1.